The average Bonchev–Trinajstić information content (AvgIpc) is 3.02. The molecule has 3 heterocycles. The Balaban J connectivity index is 1.48. The highest BCUT2D eigenvalue weighted by molar-refractivity contribution is 6.31. The Labute approximate surface area is 157 Å². The Morgan fingerprint density at radius 3 is 2.69 bits per heavy atom. The highest BCUT2D eigenvalue weighted by atomic mass is 35.5. The lowest BCUT2D eigenvalue weighted by Crippen LogP contribution is -2.33. The summed E-state index contributed by atoms with van der Waals surface area (Å²) in [6.07, 6.45) is 8.19. The maximum Gasteiger partial charge on any atom is 0.246 e. The second-order valence-corrected chi connectivity index (χ2v) is 6.54. The van der Waals surface area contributed by atoms with Gasteiger partial charge in [-0.3, -0.25) is 9.20 Å². The van der Waals surface area contributed by atoms with E-state index in [1.807, 2.05) is 51.9 Å². The number of carbonyl (C=O) groups is 1. The number of imidazole rings is 1. The quantitative estimate of drug-likeness (QED) is 0.650. The van der Waals surface area contributed by atoms with E-state index >= 15 is 0 Å². The van der Waals surface area contributed by atoms with Crippen molar-refractivity contribution in [3.05, 3.63) is 83.3 Å². The number of aromatic nitrogens is 2. The summed E-state index contributed by atoms with van der Waals surface area (Å²) in [6.45, 7) is 1.33. The van der Waals surface area contributed by atoms with E-state index in [0.29, 0.717) is 23.9 Å². The fourth-order valence-corrected chi connectivity index (χ4v) is 3.42. The Morgan fingerprint density at radius 2 is 1.92 bits per heavy atom. The molecule has 1 aliphatic rings. The van der Waals surface area contributed by atoms with Gasteiger partial charge in [-0.2, -0.15) is 0 Å². The SMILES string of the molecule is O=C(C=Cc1c(Cl)nc2ccccn12)N1CC=C(c2ccccc2)CC1. The van der Waals surface area contributed by atoms with Crippen LogP contribution in [0.3, 0.4) is 0 Å². The van der Waals surface area contributed by atoms with Gasteiger partial charge >= 0.3 is 0 Å². The molecule has 0 aliphatic carbocycles. The molecule has 26 heavy (non-hydrogen) atoms. The number of amides is 1. The topological polar surface area (TPSA) is 37.6 Å². The van der Waals surface area contributed by atoms with E-state index in [1.54, 1.807) is 12.2 Å². The van der Waals surface area contributed by atoms with Crippen LogP contribution < -0.4 is 0 Å². The summed E-state index contributed by atoms with van der Waals surface area (Å²) < 4.78 is 1.87. The average molecular weight is 364 g/mol. The van der Waals surface area contributed by atoms with E-state index in [4.69, 9.17) is 11.6 Å². The molecule has 0 atom stereocenters. The van der Waals surface area contributed by atoms with Crippen molar-refractivity contribution in [3.63, 3.8) is 0 Å². The molecule has 0 saturated carbocycles. The summed E-state index contributed by atoms with van der Waals surface area (Å²) in [5.74, 6) is -0.0182. The van der Waals surface area contributed by atoms with Gasteiger partial charge in [0.25, 0.3) is 0 Å². The third-order valence-electron chi connectivity index (χ3n) is 4.57. The molecule has 130 valence electrons. The van der Waals surface area contributed by atoms with Gasteiger partial charge in [0.2, 0.25) is 5.91 Å². The molecule has 3 aromatic rings. The third-order valence-corrected chi connectivity index (χ3v) is 4.85. The molecule has 1 amide bonds. The van der Waals surface area contributed by atoms with Crippen molar-refractivity contribution < 1.29 is 4.79 Å². The van der Waals surface area contributed by atoms with Crippen LogP contribution in [0, 0.1) is 0 Å². The van der Waals surface area contributed by atoms with Crippen LogP contribution in [0.2, 0.25) is 5.15 Å². The summed E-state index contributed by atoms with van der Waals surface area (Å²) >= 11 is 6.21. The Bertz CT molecular complexity index is 1000. The van der Waals surface area contributed by atoms with Crippen LogP contribution in [0.15, 0.2) is 66.9 Å². The van der Waals surface area contributed by atoms with Crippen LogP contribution >= 0.6 is 11.6 Å². The number of hydrogen-bond donors (Lipinski definition) is 0. The van der Waals surface area contributed by atoms with Crippen molar-refractivity contribution in [1.82, 2.24) is 14.3 Å². The van der Waals surface area contributed by atoms with Crippen LogP contribution in [-0.2, 0) is 4.79 Å². The van der Waals surface area contributed by atoms with Crippen molar-refractivity contribution in [1.29, 1.82) is 0 Å². The van der Waals surface area contributed by atoms with Crippen LogP contribution in [-0.4, -0.2) is 33.3 Å². The zero-order chi connectivity index (χ0) is 17.9. The van der Waals surface area contributed by atoms with Crippen molar-refractivity contribution >= 4 is 34.8 Å². The normalized spacial score (nSPS) is 14.8. The standard InChI is InChI=1S/C21H18ClN3O/c22-21-18(25-13-5-4-8-19(25)23-21)9-10-20(26)24-14-11-17(12-15-24)16-6-2-1-3-7-16/h1-11,13H,12,14-15H2. The van der Waals surface area contributed by atoms with Crippen molar-refractivity contribution in [2.24, 2.45) is 0 Å². The van der Waals surface area contributed by atoms with E-state index in [0.717, 1.165) is 12.1 Å². The molecule has 1 aliphatic heterocycles. The largest absolute Gasteiger partial charge is 0.335 e. The number of nitrogens with zero attached hydrogens (tertiary/aromatic N) is 3. The number of halogens is 1. The highest BCUT2D eigenvalue weighted by Crippen LogP contribution is 2.23. The monoisotopic (exact) mass is 363 g/mol. The predicted molar refractivity (Wildman–Crippen MR) is 105 cm³/mol. The predicted octanol–water partition coefficient (Wildman–Crippen LogP) is 4.32. The fraction of sp³-hybridized carbons (Fsp3) is 0.143. The number of pyridine rings is 1. The second kappa shape index (κ2) is 7.18. The van der Waals surface area contributed by atoms with Crippen molar-refractivity contribution in [2.75, 3.05) is 13.1 Å². The van der Waals surface area contributed by atoms with E-state index in [9.17, 15) is 4.79 Å². The lowest BCUT2D eigenvalue weighted by Gasteiger charge is -2.25. The van der Waals surface area contributed by atoms with Gasteiger partial charge in [-0.15, -0.1) is 0 Å². The molecular weight excluding hydrogens is 346 g/mol. The molecule has 0 unspecified atom stereocenters. The smallest absolute Gasteiger partial charge is 0.246 e. The van der Waals surface area contributed by atoms with Gasteiger partial charge in [0.1, 0.15) is 5.65 Å². The molecule has 0 fully saturated rings. The van der Waals surface area contributed by atoms with Gasteiger partial charge in [-0.25, -0.2) is 4.98 Å². The first-order valence-electron chi connectivity index (χ1n) is 8.56. The van der Waals surface area contributed by atoms with Gasteiger partial charge in [-0.1, -0.05) is 54.1 Å². The van der Waals surface area contributed by atoms with E-state index in [1.165, 1.54) is 11.1 Å². The number of fused-ring (bicyclic) bond motifs is 1. The minimum Gasteiger partial charge on any atom is -0.335 e. The fourth-order valence-electron chi connectivity index (χ4n) is 3.17. The lowest BCUT2D eigenvalue weighted by atomic mass is 9.99. The first kappa shape index (κ1) is 16.6. The van der Waals surface area contributed by atoms with Crippen LogP contribution in [0.5, 0.6) is 0 Å². The van der Waals surface area contributed by atoms with Gasteiger partial charge in [0.05, 0.1) is 5.69 Å². The zero-order valence-electron chi connectivity index (χ0n) is 14.2. The van der Waals surface area contributed by atoms with Gasteiger partial charge in [0.15, 0.2) is 5.15 Å². The van der Waals surface area contributed by atoms with Gasteiger partial charge < -0.3 is 4.90 Å². The van der Waals surface area contributed by atoms with Gasteiger partial charge in [0, 0.05) is 25.4 Å². The van der Waals surface area contributed by atoms with E-state index in [-0.39, 0.29) is 5.91 Å². The first-order valence-corrected chi connectivity index (χ1v) is 8.94. The summed E-state index contributed by atoms with van der Waals surface area (Å²) in [5, 5.41) is 0.394. The molecule has 0 spiro atoms. The minimum atomic E-state index is -0.0182. The Kier molecular flexibility index (Phi) is 4.59. The molecular formula is C21H18ClN3O. The van der Waals surface area contributed by atoms with Crippen LogP contribution in [0.4, 0.5) is 0 Å². The number of carbonyl (C=O) groups excluding carboxylic acids is 1. The number of benzene rings is 1. The van der Waals surface area contributed by atoms with Crippen LogP contribution in [0.1, 0.15) is 17.7 Å². The summed E-state index contributed by atoms with van der Waals surface area (Å²) in [6, 6.07) is 16.0. The molecule has 1 aromatic carbocycles. The first-order chi connectivity index (χ1) is 12.7. The maximum atomic E-state index is 12.5. The molecule has 0 bridgehead atoms. The van der Waals surface area contributed by atoms with E-state index < -0.39 is 0 Å². The summed E-state index contributed by atoms with van der Waals surface area (Å²) in [5.41, 5.74) is 4.00. The summed E-state index contributed by atoms with van der Waals surface area (Å²) in [4.78, 5) is 18.6. The molecule has 4 rings (SSSR count). The van der Waals surface area contributed by atoms with Crippen LogP contribution in [0.25, 0.3) is 17.3 Å². The second-order valence-electron chi connectivity index (χ2n) is 6.18. The number of rotatable bonds is 3. The van der Waals surface area contributed by atoms with E-state index in [2.05, 4.69) is 23.2 Å². The Hall–Kier alpha value is -2.85. The van der Waals surface area contributed by atoms with Gasteiger partial charge in [-0.05, 0) is 35.8 Å². The molecule has 0 radical (unpaired) electrons. The van der Waals surface area contributed by atoms with Crippen molar-refractivity contribution in [3.8, 4) is 0 Å². The summed E-state index contributed by atoms with van der Waals surface area (Å²) in [7, 11) is 0. The lowest BCUT2D eigenvalue weighted by molar-refractivity contribution is -0.125. The van der Waals surface area contributed by atoms with Crippen molar-refractivity contribution in [2.45, 2.75) is 6.42 Å². The molecule has 0 saturated heterocycles. The minimum absolute atomic E-state index is 0.0182. The zero-order valence-corrected chi connectivity index (χ0v) is 14.9. The number of hydrogen-bond acceptors (Lipinski definition) is 2. The third kappa shape index (κ3) is 3.28. The molecule has 4 nitrogen and oxygen atoms in total. The Morgan fingerprint density at radius 1 is 1.12 bits per heavy atom. The maximum absolute atomic E-state index is 12.5. The highest BCUT2D eigenvalue weighted by Gasteiger charge is 2.16. The molecule has 2 aromatic heterocycles. The molecule has 5 heteroatoms. The molecule has 0 N–H and O–H groups in total.